The first-order valence-electron chi connectivity index (χ1n) is 12.7. The lowest BCUT2D eigenvalue weighted by Gasteiger charge is -2.19. The average Bonchev–Trinajstić information content (AvgIpc) is 3.47. The molecule has 0 spiro atoms. The van der Waals surface area contributed by atoms with Crippen LogP contribution >= 0.6 is 11.3 Å². The van der Waals surface area contributed by atoms with Crippen LogP contribution in [0.15, 0.2) is 57.2 Å². The second kappa shape index (κ2) is 10.5. The van der Waals surface area contributed by atoms with Crippen LogP contribution < -0.4 is 16.6 Å². The zero-order valence-corrected chi connectivity index (χ0v) is 23.8. The van der Waals surface area contributed by atoms with Crippen molar-refractivity contribution in [2.45, 2.75) is 40.3 Å². The molecule has 0 radical (unpaired) electrons. The number of anilines is 1. The van der Waals surface area contributed by atoms with Crippen molar-refractivity contribution < 1.29 is 4.79 Å². The van der Waals surface area contributed by atoms with Gasteiger partial charge in [0, 0.05) is 31.3 Å². The van der Waals surface area contributed by atoms with Gasteiger partial charge in [-0.2, -0.15) is 5.10 Å². The first kappa shape index (κ1) is 26.9. The SMILES string of the molecule is C=Nc1c(C(N)=NC)c(-c2ccc3nc(NC(C)=O)sc3c2)nn1Cc1cc2cccc(C)c2c(=O)n1C(C)C. The minimum atomic E-state index is -0.183. The summed E-state index contributed by atoms with van der Waals surface area (Å²) in [5.41, 5.74) is 10.7. The number of nitrogens with two attached hydrogens (primary N) is 1. The predicted molar refractivity (Wildman–Crippen MR) is 163 cm³/mol. The second-order valence-corrected chi connectivity index (χ2v) is 10.8. The van der Waals surface area contributed by atoms with Gasteiger partial charge in [0.2, 0.25) is 5.91 Å². The largest absolute Gasteiger partial charge is 0.383 e. The molecule has 0 unspecified atom stereocenters. The van der Waals surface area contributed by atoms with Gasteiger partial charge < -0.3 is 15.6 Å². The van der Waals surface area contributed by atoms with Crippen LogP contribution in [0.5, 0.6) is 0 Å². The Morgan fingerprint density at radius 2 is 2.00 bits per heavy atom. The number of pyridine rings is 1. The number of carbonyl (C=O) groups excluding carboxylic acids is 1. The first-order valence-corrected chi connectivity index (χ1v) is 13.6. The Hall–Kier alpha value is -4.64. The molecule has 0 aliphatic carbocycles. The lowest BCUT2D eigenvalue weighted by molar-refractivity contribution is -0.114. The molecule has 3 heterocycles. The molecule has 0 aliphatic heterocycles. The van der Waals surface area contributed by atoms with Gasteiger partial charge in [0.25, 0.3) is 5.56 Å². The summed E-state index contributed by atoms with van der Waals surface area (Å²) in [7, 11) is 1.61. The van der Waals surface area contributed by atoms with Gasteiger partial charge in [0.1, 0.15) is 11.5 Å². The Morgan fingerprint density at radius 1 is 1.23 bits per heavy atom. The molecule has 10 nitrogen and oxygen atoms in total. The molecule has 3 aromatic heterocycles. The molecule has 0 atom stereocenters. The van der Waals surface area contributed by atoms with Crippen LogP contribution in [-0.4, -0.2) is 44.8 Å². The quantitative estimate of drug-likeness (QED) is 0.215. The van der Waals surface area contributed by atoms with E-state index >= 15 is 0 Å². The van der Waals surface area contributed by atoms with E-state index in [-0.39, 0.29) is 29.9 Å². The molecule has 5 rings (SSSR count). The van der Waals surface area contributed by atoms with Crippen molar-refractivity contribution in [2.75, 3.05) is 12.4 Å². The third kappa shape index (κ3) is 4.68. The number of aryl methyl sites for hydroxylation is 1. The van der Waals surface area contributed by atoms with Crippen molar-refractivity contribution in [3.05, 3.63) is 69.6 Å². The molecule has 2 aromatic carbocycles. The number of hydrogen-bond acceptors (Lipinski definition) is 7. The standard InChI is InChI=1S/C29H30N8O2S/c1-15(2)37-20(12-18-9-7-8-16(3)23(18)28(37)39)14-36-27(32-6)24(26(30)31-5)25(35-36)19-10-11-21-22(13-19)40-29(34-21)33-17(4)38/h7-13,15H,6,14H2,1-5H3,(H2,30,31)(H,33,34,38). The van der Waals surface area contributed by atoms with Crippen LogP contribution in [0, 0.1) is 6.92 Å². The molecule has 0 saturated carbocycles. The molecule has 0 fully saturated rings. The normalized spacial score (nSPS) is 12.0. The van der Waals surface area contributed by atoms with Gasteiger partial charge in [-0.05, 0) is 56.6 Å². The average molecular weight is 555 g/mol. The summed E-state index contributed by atoms with van der Waals surface area (Å²) in [5, 5.41) is 9.77. The van der Waals surface area contributed by atoms with Gasteiger partial charge in [-0.3, -0.25) is 14.6 Å². The van der Waals surface area contributed by atoms with Crippen molar-refractivity contribution >= 4 is 61.7 Å². The number of nitrogens with zero attached hydrogens (tertiary/aromatic N) is 6. The molecule has 0 saturated heterocycles. The van der Waals surface area contributed by atoms with Gasteiger partial charge in [0.05, 0.1) is 27.7 Å². The lowest BCUT2D eigenvalue weighted by atomic mass is 10.1. The van der Waals surface area contributed by atoms with E-state index in [1.807, 2.05) is 63.2 Å². The van der Waals surface area contributed by atoms with Crippen molar-refractivity contribution in [3.8, 4) is 11.3 Å². The maximum atomic E-state index is 13.6. The summed E-state index contributed by atoms with van der Waals surface area (Å²) < 4.78 is 4.39. The fourth-order valence-electron chi connectivity index (χ4n) is 4.99. The molecule has 11 heteroatoms. The summed E-state index contributed by atoms with van der Waals surface area (Å²) in [6.07, 6.45) is 0. The molecule has 3 N–H and O–H groups in total. The van der Waals surface area contributed by atoms with Crippen molar-refractivity contribution in [1.29, 1.82) is 0 Å². The summed E-state index contributed by atoms with van der Waals surface area (Å²) in [5.74, 6) is 0.536. The van der Waals surface area contributed by atoms with Crippen LogP contribution in [0.4, 0.5) is 10.9 Å². The van der Waals surface area contributed by atoms with Gasteiger partial charge >= 0.3 is 0 Å². The van der Waals surface area contributed by atoms with Gasteiger partial charge in [0.15, 0.2) is 10.9 Å². The molecule has 0 bridgehead atoms. The van der Waals surface area contributed by atoms with Crippen LogP contribution in [0.2, 0.25) is 0 Å². The number of benzene rings is 2. The molecule has 5 aromatic rings. The van der Waals surface area contributed by atoms with Gasteiger partial charge in [-0.25, -0.2) is 14.7 Å². The van der Waals surface area contributed by atoms with Crippen LogP contribution in [0.1, 0.15) is 43.6 Å². The first-order chi connectivity index (χ1) is 19.1. The Morgan fingerprint density at radius 3 is 2.67 bits per heavy atom. The maximum Gasteiger partial charge on any atom is 0.259 e. The number of carbonyl (C=O) groups is 1. The third-order valence-corrected chi connectivity index (χ3v) is 7.65. The van der Waals surface area contributed by atoms with E-state index < -0.39 is 0 Å². The number of aliphatic imine (C=N–C) groups is 2. The molecule has 1 amide bonds. The van der Waals surface area contributed by atoms with E-state index in [2.05, 4.69) is 27.0 Å². The topological polar surface area (TPSA) is 133 Å². The van der Waals surface area contributed by atoms with E-state index in [0.717, 1.165) is 32.4 Å². The molecule has 0 aliphatic rings. The van der Waals surface area contributed by atoms with Crippen LogP contribution in [-0.2, 0) is 11.3 Å². The van der Waals surface area contributed by atoms with Crippen molar-refractivity contribution in [2.24, 2.45) is 15.7 Å². The van der Waals surface area contributed by atoms with Gasteiger partial charge in [-0.15, -0.1) is 0 Å². The number of thiazole rings is 1. The third-order valence-electron chi connectivity index (χ3n) is 6.71. The predicted octanol–water partition coefficient (Wildman–Crippen LogP) is 5.04. The zero-order valence-electron chi connectivity index (χ0n) is 23.0. The van der Waals surface area contributed by atoms with E-state index in [9.17, 15) is 9.59 Å². The fourth-order valence-corrected chi connectivity index (χ4v) is 5.95. The van der Waals surface area contributed by atoms with Crippen molar-refractivity contribution in [3.63, 3.8) is 0 Å². The van der Waals surface area contributed by atoms with E-state index in [4.69, 9.17) is 10.8 Å². The lowest BCUT2D eigenvalue weighted by Crippen LogP contribution is -2.27. The highest BCUT2D eigenvalue weighted by Gasteiger charge is 2.24. The summed E-state index contributed by atoms with van der Waals surface area (Å²) in [6, 6.07) is 13.5. The van der Waals surface area contributed by atoms with Crippen molar-refractivity contribution in [1.82, 2.24) is 19.3 Å². The highest BCUT2D eigenvalue weighted by molar-refractivity contribution is 7.22. The number of amidine groups is 1. The number of aromatic nitrogens is 4. The zero-order chi connectivity index (χ0) is 28.7. The van der Waals surface area contributed by atoms with Crippen LogP contribution in [0.3, 0.4) is 0 Å². The van der Waals surface area contributed by atoms with Crippen LogP contribution in [0.25, 0.3) is 32.2 Å². The Balaban J connectivity index is 1.69. The molecule has 40 heavy (non-hydrogen) atoms. The molecular formula is C29H30N8O2S. The number of nitrogens with one attached hydrogen (secondary N) is 1. The van der Waals surface area contributed by atoms with E-state index in [1.54, 1.807) is 16.3 Å². The minimum Gasteiger partial charge on any atom is -0.383 e. The molecular weight excluding hydrogens is 524 g/mol. The van der Waals surface area contributed by atoms with Gasteiger partial charge in [-0.1, -0.05) is 35.6 Å². The second-order valence-electron chi connectivity index (χ2n) is 9.80. The Labute approximate surface area is 234 Å². The monoisotopic (exact) mass is 554 g/mol. The number of fused-ring (bicyclic) bond motifs is 2. The Kier molecular flexibility index (Phi) is 7.07. The Bertz CT molecular complexity index is 1890. The number of amides is 1. The van der Waals surface area contributed by atoms with E-state index in [0.29, 0.717) is 27.6 Å². The highest BCUT2D eigenvalue weighted by Crippen LogP contribution is 2.35. The summed E-state index contributed by atoms with van der Waals surface area (Å²) >= 11 is 1.37. The number of rotatable bonds is 7. The fraction of sp³-hybridized carbons (Fsp3) is 0.241. The maximum absolute atomic E-state index is 13.6. The summed E-state index contributed by atoms with van der Waals surface area (Å²) in [6.45, 7) is 11.4. The smallest absolute Gasteiger partial charge is 0.259 e. The van der Waals surface area contributed by atoms with E-state index in [1.165, 1.54) is 18.3 Å². The molecule has 204 valence electrons. The number of hydrogen-bond donors (Lipinski definition) is 2. The minimum absolute atomic E-state index is 0.0402. The summed E-state index contributed by atoms with van der Waals surface area (Å²) in [4.78, 5) is 38.1. The highest BCUT2D eigenvalue weighted by atomic mass is 32.1.